The maximum Gasteiger partial charge on any atom is 0.341 e. The molecule has 8 nitrogen and oxygen atoms in total. The topological polar surface area (TPSA) is 114 Å². The maximum atomic E-state index is 13.7. The molecule has 1 aliphatic carbocycles. The van der Waals surface area contributed by atoms with Crippen LogP contribution >= 0.6 is 23.1 Å². The molecule has 0 saturated heterocycles. The number of fused-ring (bicyclic) bond motifs is 2. The van der Waals surface area contributed by atoms with Gasteiger partial charge < -0.3 is 20.7 Å². The minimum absolute atomic E-state index is 0.0806. The molecule has 5 aromatic rings. The van der Waals surface area contributed by atoms with Crippen molar-refractivity contribution in [3.63, 3.8) is 0 Å². The number of rotatable bonds is 10. The van der Waals surface area contributed by atoms with E-state index in [0.29, 0.717) is 27.7 Å². The van der Waals surface area contributed by atoms with E-state index in [-0.39, 0.29) is 17.4 Å². The number of amides is 3. The van der Waals surface area contributed by atoms with Crippen LogP contribution in [0.1, 0.15) is 50.1 Å². The first-order valence-electron chi connectivity index (χ1n) is 15.9. The standard InChI is InChI=1S/C39H35N3O5S2/c1-24-18-19-31-33(20-24)49-38(35(31)39(46)47-2)42-34(43)23-48-29-16-9-15-28(22-29)40-37(45)32(41-36(44)26-11-4-3-5-12-26)21-27-14-8-13-25-10-6-7-17-30(25)27/h3-17,21-22,24H,18-20,23H2,1-2H3,(H,40,45)(H,41,44)(H,42,43)/b32-21+. The summed E-state index contributed by atoms with van der Waals surface area (Å²) in [7, 11) is 1.35. The molecule has 0 saturated carbocycles. The fourth-order valence-corrected chi connectivity index (χ4v) is 7.97. The van der Waals surface area contributed by atoms with Crippen LogP contribution in [0.2, 0.25) is 0 Å². The second-order valence-corrected chi connectivity index (χ2v) is 14.0. The van der Waals surface area contributed by atoms with Gasteiger partial charge in [-0.1, -0.05) is 73.7 Å². The van der Waals surface area contributed by atoms with Gasteiger partial charge in [-0.15, -0.1) is 23.1 Å². The predicted octanol–water partition coefficient (Wildman–Crippen LogP) is 7.95. The highest BCUT2D eigenvalue weighted by Gasteiger charge is 2.29. The van der Waals surface area contributed by atoms with Gasteiger partial charge in [-0.25, -0.2) is 4.79 Å². The van der Waals surface area contributed by atoms with Gasteiger partial charge in [0, 0.05) is 21.0 Å². The summed E-state index contributed by atoms with van der Waals surface area (Å²) in [6.07, 6.45) is 4.33. The van der Waals surface area contributed by atoms with Gasteiger partial charge in [0.2, 0.25) is 5.91 Å². The van der Waals surface area contributed by atoms with E-state index in [2.05, 4.69) is 22.9 Å². The van der Waals surface area contributed by atoms with Crippen LogP contribution in [0.5, 0.6) is 0 Å². The molecule has 1 aliphatic rings. The van der Waals surface area contributed by atoms with Gasteiger partial charge in [-0.2, -0.15) is 0 Å². The van der Waals surface area contributed by atoms with Crippen molar-refractivity contribution < 1.29 is 23.9 Å². The molecule has 1 heterocycles. The van der Waals surface area contributed by atoms with Crippen molar-refractivity contribution in [1.29, 1.82) is 0 Å². The molecule has 1 unspecified atom stereocenters. The molecule has 0 radical (unpaired) electrons. The summed E-state index contributed by atoms with van der Waals surface area (Å²) >= 11 is 2.76. The van der Waals surface area contributed by atoms with Gasteiger partial charge in [0.1, 0.15) is 10.7 Å². The second kappa shape index (κ2) is 15.4. The summed E-state index contributed by atoms with van der Waals surface area (Å²) in [5.74, 6) is -0.977. The van der Waals surface area contributed by atoms with Gasteiger partial charge in [-0.05, 0) is 83.5 Å². The zero-order valence-electron chi connectivity index (χ0n) is 27.1. The summed E-state index contributed by atoms with van der Waals surface area (Å²) < 4.78 is 5.05. The quantitative estimate of drug-likeness (QED) is 0.0780. The number of benzene rings is 4. The summed E-state index contributed by atoms with van der Waals surface area (Å²) in [5, 5.41) is 11.1. The normalized spacial score (nSPS) is 14.1. The molecule has 6 rings (SSSR count). The highest BCUT2D eigenvalue weighted by atomic mass is 32.2. The summed E-state index contributed by atoms with van der Waals surface area (Å²) in [6, 6.07) is 29.5. The lowest BCUT2D eigenvalue weighted by Gasteiger charge is -2.18. The largest absolute Gasteiger partial charge is 0.465 e. The monoisotopic (exact) mass is 689 g/mol. The Bertz CT molecular complexity index is 2070. The molecule has 3 amide bonds. The maximum absolute atomic E-state index is 13.7. The summed E-state index contributed by atoms with van der Waals surface area (Å²) in [5.41, 5.74) is 3.23. The molecular weight excluding hydrogens is 655 g/mol. The molecular formula is C39H35N3O5S2. The van der Waals surface area contributed by atoms with E-state index in [1.807, 2.05) is 54.6 Å². The Labute approximate surface area is 293 Å². The van der Waals surface area contributed by atoms with E-state index in [1.165, 1.54) is 30.2 Å². The van der Waals surface area contributed by atoms with Crippen LogP contribution in [-0.4, -0.2) is 36.6 Å². The third-order valence-electron chi connectivity index (χ3n) is 8.27. The minimum Gasteiger partial charge on any atom is -0.465 e. The fraction of sp³-hybridized carbons (Fsp3) is 0.179. The van der Waals surface area contributed by atoms with Crippen molar-refractivity contribution in [3.05, 3.63) is 130 Å². The first-order chi connectivity index (χ1) is 23.8. The zero-order valence-corrected chi connectivity index (χ0v) is 28.7. The van der Waals surface area contributed by atoms with Crippen LogP contribution in [0, 0.1) is 5.92 Å². The Morgan fingerprint density at radius 1 is 0.918 bits per heavy atom. The second-order valence-electron chi connectivity index (χ2n) is 11.8. The molecule has 0 spiro atoms. The third kappa shape index (κ3) is 8.10. The lowest BCUT2D eigenvalue weighted by molar-refractivity contribution is -0.114. The van der Waals surface area contributed by atoms with Gasteiger partial charge in [0.15, 0.2) is 0 Å². The number of thioether (sulfide) groups is 1. The molecule has 1 aromatic heterocycles. The zero-order chi connectivity index (χ0) is 34.3. The van der Waals surface area contributed by atoms with Crippen molar-refractivity contribution in [2.75, 3.05) is 23.5 Å². The first kappa shape index (κ1) is 33.7. The molecule has 3 N–H and O–H groups in total. The van der Waals surface area contributed by atoms with Crippen LogP contribution < -0.4 is 16.0 Å². The van der Waals surface area contributed by atoms with Crippen molar-refractivity contribution >= 4 is 74.3 Å². The van der Waals surface area contributed by atoms with E-state index in [1.54, 1.807) is 48.5 Å². The number of thiophene rings is 1. The van der Waals surface area contributed by atoms with E-state index < -0.39 is 17.8 Å². The van der Waals surface area contributed by atoms with Crippen molar-refractivity contribution in [2.24, 2.45) is 5.92 Å². The number of ether oxygens (including phenoxy) is 1. The molecule has 10 heteroatoms. The molecule has 248 valence electrons. The molecule has 0 fully saturated rings. The van der Waals surface area contributed by atoms with Crippen LogP contribution in [-0.2, 0) is 27.2 Å². The predicted molar refractivity (Wildman–Crippen MR) is 197 cm³/mol. The molecule has 0 bridgehead atoms. The number of carbonyl (C=O) groups is 4. The summed E-state index contributed by atoms with van der Waals surface area (Å²) in [4.78, 5) is 54.5. The minimum atomic E-state index is -0.497. The lowest BCUT2D eigenvalue weighted by Crippen LogP contribution is -2.30. The molecule has 1 atom stereocenters. The first-order valence-corrected chi connectivity index (χ1v) is 17.7. The Kier molecular flexibility index (Phi) is 10.6. The fourth-order valence-electron chi connectivity index (χ4n) is 5.80. The number of anilines is 2. The summed E-state index contributed by atoms with van der Waals surface area (Å²) in [6.45, 7) is 2.19. The SMILES string of the molecule is COC(=O)c1c(NC(=O)CSc2cccc(NC(=O)/C(=C\c3cccc4ccccc34)NC(=O)c3ccccc3)c2)sc2c1CCC(C)C2. The third-order valence-corrected chi connectivity index (χ3v) is 10.4. The van der Waals surface area contributed by atoms with E-state index in [4.69, 9.17) is 4.74 Å². The van der Waals surface area contributed by atoms with E-state index in [9.17, 15) is 19.2 Å². The lowest BCUT2D eigenvalue weighted by atomic mass is 9.88. The van der Waals surface area contributed by atoms with Crippen LogP contribution in [0.25, 0.3) is 16.8 Å². The Morgan fingerprint density at radius 2 is 1.67 bits per heavy atom. The van der Waals surface area contributed by atoms with Crippen molar-refractivity contribution in [2.45, 2.75) is 31.1 Å². The van der Waals surface area contributed by atoms with Crippen LogP contribution in [0.3, 0.4) is 0 Å². The Morgan fingerprint density at radius 3 is 2.49 bits per heavy atom. The van der Waals surface area contributed by atoms with Gasteiger partial charge in [0.05, 0.1) is 18.4 Å². The van der Waals surface area contributed by atoms with Gasteiger partial charge >= 0.3 is 5.97 Å². The average Bonchev–Trinajstić information content (AvgIpc) is 3.47. The van der Waals surface area contributed by atoms with Gasteiger partial charge in [-0.3, -0.25) is 14.4 Å². The number of hydrogen-bond donors (Lipinski definition) is 3. The molecule has 4 aromatic carbocycles. The number of esters is 1. The highest BCUT2D eigenvalue weighted by molar-refractivity contribution is 8.00. The van der Waals surface area contributed by atoms with Crippen molar-refractivity contribution in [3.8, 4) is 0 Å². The van der Waals surface area contributed by atoms with Crippen LogP contribution in [0.4, 0.5) is 10.7 Å². The molecule has 49 heavy (non-hydrogen) atoms. The van der Waals surface area contributed by atoms with Crippen molar-refractivity contribution in [1.82, 2.24) is 5.32 Å². The Hall–Kier alpha value is -5.19. The molecule has 0 aliphatic heterocycles. The smallest absolute Gasteiger partial charge is 0.341 e. The highest BCUT2D eigenvalue weighted by Crippen LogP contribution is 2.40. The van der Waals surface area contributed by atoms with Gasteiger partial charge in [0.25, 0.3) is 11.8 Å². The van der Waals surface area contributed by atoms with E-state index >= 15 is 0 Å². The number of methoxy groups -OCH3 is 1. The van der Waals surface area contributed by atoms with E-state index in [0.717, 1.165) is 50.9 Å². The number of carbonyl (C=O) groups excluding carboxylic acids is 4. The average molecular weight is 690 g/mol. The number of nitrogens with one attached hydrogen (secondary N) is 3. The number of hydrogen-bond acceptors (Lipinski definition) is 7. The Balaban J connectivity index is 1.17. The van der Waals surface area contributed by atoms with Crippen LogP contribution in [0.15, 0.2) is 108 Å².